The quantitative estimate of drug-likeness (QED) is 0.751. The van der Waals surface area contributed by atoms with Crippen LogP contribution in [-0.2, 0) is 4.79 Å². The summed E-state index contributed by atoms with van der Waals surface area (Å²) >= 11 is 0. The zero-order chi connectivity index (χ0) is 17.8. The molecular formula is C19H18N4O2. The van der Waals surface area contributed by atoms with Gasteiger partial charge in [0.05, 0.1) is 0 Å². The summed E-state index contributed by atoms with van der Waals surface area (Å²) in [6, 6.07) is 15.5. The molecule has 0 fully saturated rings. The fourth-order valence-electron chi connectivity index (χ4n) is 2.60. The number of aryl methyl sites for hydroxylation is 1. The van der Waals surface area contributed by atoms with E-state index in [9.17, 15) is 9.59 Å². The second kappa shape index (κ2) is 7.00. The van der Waals surface area contributed by atoms with Crippen molar-refractivity contribution in [3.8, 4) is 0 Å². The zero-order valence-electron chi connectivity index (χ0n) is 13.7. The van der Waals surface area contributed by atoms with Crippen molar-refractivity contribution in [3.05, 3.63) is 83.7 Å². The Labute approximate surface area is 145 Å². The van der Waals surface area contributed by atoms with Crippen molar-refractivity contribution in [1.29, 1.82) is 0 Å². The van der Waals surface area contributed by atoms with Crippen LogP contribution in [0.1, 0.15) is 27.5 Å². The van der Waals surface area contributed by atoms with E-state index in [2.05, 4.69) is 10.4 Å². The van der Waals surface area contributed by atoms with E-state index in [1.807, 2.05) is 37.3 Å². The van der Waals surface area contributed by atoms with Crippen LogP contribution in [0.5, 0.6) is 0 Å². The molecule has 1 aromatic heterocycles. The number of rotatable bonds is 5. The SMILES string of the molecule is Cc1ccc(C(N)=O)cc1NC(=O)C(c1ccccc1)n1cccn1. The summed E-state index contributed by atoms with van der Waals surface area (Å²) in [6.45, 7) is 1.85. The highest BCUT2D eigenvalue weighted by molar-refractivity contribution is 5.99. The van der Waals surface area contributed by atoms with Gasteiger partial charge in [-0.3, -0.25) is 14.3 Å². The average molecular weight is 334 g/mol. The van der Waals surface area contributed by atoms with Crippen LogP contribution in [-0.4, -0.2) is 21.6 Å². The second-order valence-corrected chi connectivity index (χ2v) is 5.68. The van der Waals surface area contributed by atoms with Gasteiger partial charge in [0.2, 0.25) is 5.91 Å². The van der Waals surface area contributed by atoms with Crippen molar-refractivity contribution in [2.24, 2.45) is 5.73 Å². The molecule has 2 amide bonds. The van der Waals surface area contributed by atoms with E-state index in [0.717, 1.165) is 11.1 Å². The predicted octanol–water partition coefficient (Wildman–Crippen LogP) is 2.52. The minimum absolute atomic E-state index is 0.250. The smallest absolute Gasteiger partial charge is 0.253 e. The summed E-state index contributed by atoms with van der Waals surface area (Å²) in [4.78, 5) is 24.3. The number of carbonyl (C=O) groups is 2. The van der Waals surface area contributed by atoms with Crippen molar-refractivity contribution >= 4 is 17.5 Å². The number of hydrogen-bond donors (Lipinski definition) is 2. The first-order valence-corrected chi connectivity index (χ1v) is 7.81. The molecule has 0 radical (unpaired) electrons. The number of nitrogens with zero attached hydrogens (tertiary/aromatic N) is 2. The molecule has 0 aliphatic rings. The van der Waals surface area contributed by atoms with E-state index in [0.29, 0.717) is 11.3 Å². The van der Waals surface area contributed by atoms with E-state index in [1.165, 1.54) is 0 Å². The Morgan fingerprint density at radius 3 is 2.52 bits per heavy atom. The third kappa shape index (κ3) is 3.58. The lowest BCUT2D eigenvalue weighted by Gasteiger charge is -2.19. The van der Waals surface area contributed by atoms with Crippen molar-refractivity contribution in [2.45, 2.75) is 13.0 Å². The molecule has 126 valence electrons. The standard InChI is InChI=1S/C19H18N4O2/c1-13-8-9-15(18(20)24)12-16(13)22-19(25)17(23-11-5-10-21-23)14-6-3-2-4-7-14/h2-12,17H,1H3,(H2,20,24)(H,22,25). The lowest BCUT2D eigenvalue weighted by Crippen LogP contribution is -2.28. The summed E-state index contributed by atoms with van der Waals surface area (Å²) in [5.41, 5.74) is 7.87. The van der Waals surface area contributed by atoms with Crippen LogP contribution in [0.15, 0.2) is 67.0 Å². The number of amides is 2. The van der Waals surface area contributed by atoms with Gasteiger partial charge in [-0.1, -0.05) is 36.4 Å². The fourth-order valence-corrected chi connectivity index (χ4v) is 2.60. The Hall–Kier alpha value is -3.41. The summed E-state index contributed by atoms with van der Waals surface area (Å²) in [5.74, 6) is -0.790. The summed E-state index contributed by atoms with van der Waals surface area (Å²) in [6.07, 6.45) is 3.37. The van der Waals surface area contributed by atoms with Crippen LogP contribution >= 0.6 is 0 Å². The maximum atomic E-state index is 13.0. The van der Waals surface area contributed by atoms with Gasteiger partial charge in [-0.05, 0) is 36.2 Å². The molecule has 2 aromatic carbocycles. The Morgan fingerprint density at radius 2 is 1.88 bits per heavy atom. The number of aromatic nitrogens is 2. The molecule has 0 saturated carbocycles. The van der Waals surface area contributed by atoms with Crippen LogP contribution in [0.3, 0.4) is 0 Å². The van der Waals surface area contributed by atoms with Crippen molar-refractivity contribution in [2.75, 3.05) is 5.32 Å². The molecule has 3 rings (SSSR count). The highest BCUT2D eigenvalue weighted by Crippen LogP contribution is 2.22. The third-order valence-corrected chi connectivity index (χ3v) is 3.93. The topological polar surface area (TPSA) is 90.0 Å². The second-order valence-electron chi connectivity index (χ2n) is 5.68. The Balaban J connectivity index is 1.94. The van der Waals surface area contributed by atoms with Crippen molar-refractivity contribution in [3.63, 3.8) is 0 Å². The lowest BCUT2D eigenvalue weighted by atomic mass is 10.1. The molecule has 1 atom stereocenters. The largest absolute Gasteiger partial charge is 0.366 e. The maximum Gasteiger partial charge on any atom is 0.253 e. The Kier molecular flexibility index (Phi) is 4.61. The number of nitrogens with two attached hydrogens (primary N) is 1. The number of primary amides is 1. The van der Waals surface area contributed by atoms with Crippen molar-refractivity contribution in [1.82, 2.24) is 9.78 Å². The van der Waals surface area contributed by atoms with E-state index in [-0.39, 0.29) is 5.91 Å². The van der Waals surface area contributed by atoms with Gasteiger partial charge in [-0.15, -0.1) is 0 Å². The molecule has 0 aliphatic heterocycles. The van der Waals surface area contributed by atoms with Crippen molar-refractivity contribution < 1.29 is 9.59 Å². The van der Waals surface area contributed by atoms with Crippen LogP contribution in [0.4, 0.5) is 5.69 Å². The zero-order valence-corrected chi connectivity index (χ0v) is 13.7. The molecule has 3 aromatic rings. The van der Waals surface area contributed by atoms with Crippen LogP contribution in [0.2, 0.25) is 0 Å². The molecule has 0 spiro atoms. The Morgan fingerprint density at radius 1 is 1.12 bits per heavy atom. The first-order chi connectivity index (χ1) is 12.1. The first-order valence-electron chi connectivity index (χ1n) is 7.81. The predicted molar refractivity (Wildman–Crippen MR) is 95.1 cm³/mol. The summed E-state index contributed by atoms with van der Waals surface area (Å²) in [5, 5.41) is 7.09. The Bertz CT molecular complexity index is 889. The van der Waals surface area contributed by atoms with Gasteiger partial charge in [0.25, 0.3) is 5.91 Å². The molecule has 0 aliphatic carbocycles. The first kappa shape index (κ1) is 16.4. The molecule has 0 saturated heterocycles. The van der Waals surface area contributed by atoms with E-state index < -0.39 is 11.9 Å². The van der Waals surface area contributed by atoms with E-state index in [1.54, 1.807) is 41.3 Å². The van der Waals surface area contributed by atoms with Gasteiger partial charge in [-0.25, -0.2) is 0 Å². The minimum atomic E-state index is -0.618. The highest BCUT2D eigenvalue weighted by atomic mass is 16.2. The van der Waals surface area contributed by atoms with Gasteiger partial charge >= 0.3 is 0 Å². The number of anilines is 1. The fraction of sp³-hybridized carbons (Fsp3) is 0.105. The molecule has 1 heterocycles. The number of hydrogen-bond acceptors (Lipinski definition) is 3. The summed E-state index contributed by atoms with van der Waals surface area (Å²) in [7, 11) is 0. The average Bonchev–Trinajstić information content (AvgIpc) is 3.12. The molecule has 25 heavy (non-hydrogen) atoms. The lowest BCUT2D eigenvalue weighted by molar-refractivity contribution is -0.118. The van der Waals surface area contributed by atoms with Gasteiger partial charge < -0.3 is 11.1 Å². The highest BCUT2D eigenvalue weighted by Gasteiger charge is 2.23. The molecule has 1 unspecified atom stereocenters. The van der Waals surface area contributed by atoms with Gasteiger partial charge in [0, 0.05) is 23.6 Å². The van der Waals surface area contributed by atoms with E-state index >= 15 is 0 Å². The monoisotopic (exact) mass is 334 g/mol. The van der Waals surface area contributed by atoms with Gasteiger partial charge in [0.1, 0.15) is 0 Å². The molecular weight excluding hydrogens is 316 g/mol. The number of benzene rings is 2. The third-order valence-electron chi connectivity index (χ3n) is 3.93. The number of nitrogens with one attached hydrogen (secondary N) is 1. The van der Waals surface area contributed by atoms with E-state index in [4.69, 9.17) is 5.73 Å². The molecule has 6 heteroatoms. The summed E-state index contributed by atoms with van der Waals surface area (Å²) < 4.78 is 1.60. The van der Waals surface area contributed by atoms with Gasteiger partial charge in [0.15, 0.2) is 6.04 Å². The van der Waals surface area contributed by atoms with Gasteiger partial charge in [-0.2, -0.15) is 5.10 Å². The molecule has 0 bridgehead atoms. The van der Waals surface area contributed by atoms with Crippen LogP contribution < -0.4 is 11.1 Å². The molecule has 6 nitrogen and oxygen atoms in total. The number of carbonyl (C=O) groups excluding carboxylic acids is 2. The van der Waals surface area contributed by atoms with Crippen LogP contribution in [0.25, 0.3) is 0 Å². The maximum absolute atomic E-state index is 13.0. The van der Waals surface area contributed by atoms with Crippen LogP contribution in [0, 0.1) is 6.92 Å². The molecule has 3 N–H and O–H groups in total. The normalized spacial score (nSPS) is 11.7. The minimum Gasteiger partial charge on any atom is -0.366 e.